The molecule has 0 aliphatic carbocycles. The lowest BCUT2D eigenvalue weighted by Crippen LogP contribution is -2.20. The topological polar surface area (TPSA) is 235 Å². The standard InChI is InChI=1S/C39H45N11O8/c1-7-49-28(16-22(3)45-49)34(51)43-38-41-26-18-24(36(53)54)20-30(57-6)32(26)47(38)13-9-10-14-48-33-27(19-25(37(55)56)21-31(33)58-15-11-12-40-5)42-39(48)44-35(52)29-17-23(4)46-50(29)8-2/h9-10,16-21,40H,7-8,11-15H2,1-6H3,(H,53,54)(H,55,56)(H,41,43,51)(H,42,44,52)/b10-9+. The minimum Gasteiger partial charge on any atom is -0.494 e. The van der Waals surface area contributed by atoms with Gasteiger partial charge in [-0.25, -0.2) is 19.6 Å². The molecule has 2 amide bonds. The third kappa shape index (κ3) is 8.38. The second-order valence-corrected chi connectivity index (χ2v) is 13.2. The maximum absolute atomic E-state index is 13.7. The summed E-state index contributed by atoms with van der Waals surface area (Å²) in [4.78, 5) is 60.7. The highest BCUT2D eigenvalue weighted by molar-refractivity contribution is 6.05. The molecule has 2 aromatic carbocycles. The predicted octanol–water partition coefficient (Wildman–Crippen LogP) is 4.59. The van der Waals surface area contributed by atoms with Crippen molar-refractivity contribution in [3.8, 4) is 11.5 Å². The molecule has 4 heterocycles. The molecule has 0 atom stereocenters. The molecular weight excluding hydrogens is 750 g/mol. The van der Waals surface area contributed by atoms with Crippen molar-refractivity contribution in [1.29, 1.82) is 0 Å². The van der Waals surface area contributed by atoms with Crippen molar-refractivity contribution in [3.05, 3.63) is 82.5 Å². The number of nitrogens with one attached hydrogen (secondary N) is 3. The summed E-state index contributed by atoms with van der Waals surface area (Å²) in [6.07, 6.45) is 4.24. The Balaban J connectivity index is 1.41. The lowest BCUT2D eigenvalue weighted by atomic mass is 10.2. The van der Waals surface area contributed by atoms with Crippen molar-refractivity contribution in [2.75, 3.05) is 37.9 Å². The highest BCUT2D eigenvalue weighted by Crippen LogP contribution is 2.33. The number of rotatable bonds is 18. The van der Waals surface area contributed by atoms with E-state index in [0.717, 1.165) is 0 Å². The van der Waals surface area contributed by atoms with E-state index < -0.39 is 23.8 Å². The number of fused-ring (bicyclic) bond motifs is 2. The molecule has 6 rings (SSSR count). The number of aromatic carboxylic acids is 2. The van der Waals surface area contributed by atoms with Crippen LogP contribution in [0.25, 0.3) is 22.1 Å². The number of carbonyl (C=O) groups excluding carboxylic acids is 2. The van der Waals surface area contributed by atoms with Gasteiger partial charge in [-0.1, -0.05) is 12.2 Å². The number of benzene rings is 2. The van der Waals surface area contributed by atoms with Gasteiger partial charge in [0.2, 0.25) is 11.9 Å². The van der Waals surface area contributed by atoms with Gasteiger partial charge in [0, 0.05) is 26.2 Å². The number of aromatic nitrogens is 8. The first-order chi connectivity index (χ1) is 27.9. The van der Waals surface area contributed by atoms with Crippen molar-refractivity contribution < 1.29 is 38.9 Å². The number of allylic oxidation sites excluding steroid dienone is 2. The average Bonchev–Trinajstić information content (AvgIpc) is 3.96. The number of imidazole rings is 2. The monoisotopic (exact) mass is 795 g/mol. The number of aryl methyl sites for hydroxylation is 4. The van der Waals surface area contributed by atoms with Crippen LogP contribution >= 0.6 is 0 Å². The van der Waals surface area contributed by atoms with Crippen molar-refractivity contribution >= 4 is 57.7 Å². The van der Waals surface area contributed by atoms with E-state index in [1.54, 1.807) is 56.6 Å². The molecule has 5 N–H and O–H groups in total. The Morgan fingerprint density at radius 3 is 1.62 bits per heavy atom. The highest BCUT2D eigenvalue weighted by Gasteiger charge is 2.24. The Labute approximate surface area is 332 Å². The second-order valence-electron chi connectivity index (χ2n) is 13.2. The van der Waals surface area contributed by atoms with Crippen LogP contribution in [-0.2, 0) is 26.2 Å². The summed E-state index contributed by atoms with van der Waals surface area (Å²) < 4.78 is 18.3. The summed E-state index contributed by atoms with van der Waals surface area (Å²) in [5.41, 5.74) is 3.36. The smallest absolute Gasteiger partial charge is 0.335 e. The highest BCUT2D eigenvalue weighted by atomic mass is 16.5. The molecule has 0 spiro atoms. The number of amides is 2. The molecule has 6 aromatic rings. The molecule has 304 valence electrons. The van der Waals surface area contributed by atoms with Crippen LogP contribution in [0.3, 0.4) is 0 Å². The van der Waals surface area contributed by atoms with Gasteiger partial charge in [-0.05, 0) is 84.1 Å². The van der Waals surface area contributed by atoms with Crippen LogP contribution in [0.4, 0.5) is 11.9 Å². The quantitative estimate of drug-likeness (QED) is 0.0592. The molecule has 58 heavy (non-hydrogen) atoms. The number of anilines is 2. The first kappa shape index (κ1) is 40.6. The van der Waals surface area contributed by atoms with Crippen LogP contribution < -0.4 is 25.4 Å². The van der Waals surface area contributed by atoms with E-state index in [1.807, 2.05) is 20.9 Å². The molecule has 19 nitrogen and oxygen atoms in total. The Morgan fingerprint density at radius 2 is 1.19 bits per heavy atom. The fourth-order valence-corrected chi connectivity index (χ4v) is 6.58. The lowest BCUT2D eigenvalue weighted by molar-refractivity contribution is 0.0686. The van der Waals surface area contributed by atoms with Crippen LogP contribution in [0.15, 0.2) is 48.6 Å². The summed E-state index contributed by atoms with van der Waals surface area (Å²) in [6.45, 7) is 9.43. The average molecular weight is 796 g/mol. The van der Waals surface area contributed by atoms with Gasteiger partial charge in [0.05, 0.1) is 47.3 Å². The van der Waals surface area contributed by atoms with Gasteiger partial charge >= 0.3 is 11.9 Å². The Morgan fingerprint density at radius 1 is 0.724 bits per heavy atom. The number of nitrogens with zero attached hydrogens (tertiary/aromatic N) is 8. The molecular formula is C39H45N11O8. The van der Waals surface area contributed by atoms with Crippen LogP contribution in [0.2, 0.25) is 0 Å². The van der Waals surface area contributed by atoms with Crippen LogP contribution in [0.1, 0.15) is 73.3 Å². The maximum atomic E-state index is 13.7. The molecule has 19 heteroatoms. The van der Waals surface area contributed by atoms with E-state index in [9.17, 15) is 29.4 Å². The number of hydrogen-bond acceptors (Lipinski definition) is 11. The first-order valence-corrected chi connectivity index (χ1v) is 18.6. The number of methoxy groups -OCH3 is 1. The number of hydrogen-bond donors (Lipinski definition) is 5. The molecule has 0 aliphatic rings. The zero-order valence-electron chi connectivity index (χ0n) is 33.0. The second kappa shape index (κ2) is 17.4. The van der Waals surface area contributed by atoms with Crippen molar-refractivity contribution in [2.45, 2.75) is 60.3 Å². The number of ether oxygens (including phenoxy) is 2. The molecule has 4 aromatic heterocycles. The molecule has 0 radical (unpaired) electrons. The minimum atomic E-state index is -1.17. The van der Waals surface area contributed by atoms with E-state index in [-0.39, 0.29) is 59.7 Å². The third-order valence-electron chi connectivity index (χ3n) is 9.22. The maximum Gasteiger partial charge on any atom is 0.335 e. The first-order valence-electron chi connectivity index (χ1n) is 18.6. The molecule has 0 bridgehead atoms. The van der Waals surface area contributed by atoms with Crippen LogP contribution in [-0.4, -0.2) is 99.9 Å². The van der Waals surface area contributed by atoms with Crippen molar-refractivity contribution in [2.24, 2.45) is 0 Å². The number of carbonyl (C=O) groups is 4. The Hall–Kier alpha value is -7.02. The Bertz CT molecular complexity index is 2560. The molecule has 0 saturated heterocycles. The van der Waals surface area contributed by atoms with Gasteiger partial charge in [-0.3, -0.25) is 29.6 Å². The van der Waals surface area contributed by atoms with E-state index in [2.05, 4.69) is 36.1 Å². The zero-order chi connectivity index (χ0) is 41.7. The van der Waals surface area contributed by atoms with E-state index in [4.69, 9.17) is 9.47 Å². The van der Waals surface area contributed by atoms with Crippen molar-refractivity contribution in [3.63, 3.8) is 0 Å². The summed E-state index contributed by atoms with van der Waals surface area (Å²) in [5, 5.41) is 37.3. The summed E-state index contributed by atoms with van der Waals surface area (Å²) in [7, 11) is 3.23. The minimum absolute atomic E-state index is 0.0346. The lowest BCUT2D eigenvalue weighted by Gasteiger charge is -2.13. The Kier molecular flexibility index (Phi) is 12.2. The normalized spacial score (nSPS) is 11.5. The fraction of sp³-hybridized carbons (Fsp3) is 0.333. The fourth-order valence-electron chi connectivity index (χ4n) is 6.58. The molecule has 0 aliphatic heterocycles. The van der Waals surface area contributed by atoms with Gasteiger partial charge in [0.15, 0.2) is 0 Å². The van der Waals surface area contributed by atoms with Gasteiger partial charge in [-0.2, -0.15) is 10.2 Å². The van der Waals surface area contributed by atoms with E-state index in [1.165, 1.54) is 31.4 Å². The van der Waals surface area contributed by atoms with Gasteiger partial charge in [0.25, 0.3) is 11.8 Å². The van der Waals surface area contributed by atoms with Crippen LogP contribution in [0, 0.1) is 13.8 Å². The number of carboxylic acids is 2. The SMILES string of the molecule is CCn1nc(C)cc1C(=O)Nc1nc2cc(C(=O)O)cc(OC)c2n1C/C=C/Cn1c(NC(=O)c2cc(C)nn2CC)nc2cc(C(=O)O)cc(OCCCNC)c21. The van der Waals surface area contributed by atoms with Gasteiger partial charge < -0.3 is 34.1 Å². The van der Waals surface area contributed by atoms with Gasteiger partial charge in [0.1, 0.15) is 33.9 Å². The predicted molar refractivity (Wildman–Crippen MR) is 214 cm³/mol. The molecule has 0 saturated carbocycles. The van der Waals surface area contributed by atoms with Crippen LogP contribution in [0.5, 0.6) is 11.5 Å². The summed E-state index contributed by atoms with van der Waals surface area (Å²) >= 11 is 0. The summed E-state index contributed by atoms with van der Waals surface area (Å²) in [5.74, 6) is -2.49. The number of carboxylic acid groups (broad SMARTS) is 2. The largest absolute Gasteiger partial charge is 0.494 e. The molecule has 0 fully saturated rings. The van der Waals surface area contributed by atoms with E-state index in [0.29, 0.717) is 65.4 Å². The summed E-state index contributed by atoms with van der Waals surface area (Å²) in [6, 6.07) is 8.97. The zero-order valence-corrected chi connectivity index (χ0v) is 33.0. The van der Waals surface area contributed by atoms with Crippen molar-refractivity contribution in [1.82, 2.24) is 44.0 Å². The third-order valence-corrected chi connectivity index (χ3v) is 9.22. The van der Waals surface area contributed by atoms with E-state index >= 15 is 0 Å². The van der Waals surface area contributed by atoms with Gasteiger partial charge in [-0.15, -0.1) is 0 Å². The molecule has 0 unspecified atom stereocenters.